The first-order chi connectivity index (χ1) is 13.3. The first kappa shape index (κ1) is 21.6. The molecule has 1 aromatic carbocycles. The van der Waals surface area contributed by atoms with E-state index in [-0.39, 0.29) is 17.2 Å². The van der Waals surface area contributed by atoms with Crippen molar-refractivity contribution in [2.24, 2.45) is 0 Å². The number of amides is 2. The van der Waals surface area contributed by atoms with Gasteiger partial charge >= 0.3 is 11.8 Å². The summed E-state index contributed by atoms with van der Waals surface area (Å²) in [4.78, 5) is 25.3. The highest BCUT2D eigenvalue weighted by Gasteiger charge is 2.32. The second-order valence-corrected chi connectivity index (χ2v) is 8.77. The van der Waals surface area contributed by atoms with Crippen LogP contribution in [0.5, 0.6) is 0 Å². The number of sulfone groups is 1. The van der Waals surface area contributed by atoms with Crippen LogP contribution in [0.25, 0.3) is 0 Å². The molecule has 1 atom stereocenters. The van der Waals surface area contributed by atoms with Gasteiger partial charge in [-0.2, -0.15) is 0 Å². The maximum atomic E-state index is 13.0. The predicted molar refractivity (Wildman–Crippen MR) is 103 cm³/mol. The quantitative estimate of drug-likeness (QED) is 0.385. The van der Waals surface area contributed by atoms with Gasteiger partial charge in [-0.15, -0.1) is 0 Å². The molecule has 0 saturated heterocycles. The van der Waals surface area contributed by atoms with Crippen LogP contribution in [0.15, 0.2) is 58.0 Å². The Morgan fingerprint density at radius 3 is 2.32 bits per heavy atom. The Morgan fingerprint density at radius 1 is 1.04 bits per heavy atom. The SMILES string of the molecule is C[NH+](C)CCCNC(=O)C(=O)NC[C@H](c1ccco1)S(=O)(=O)c1ccccc1. The number of furan rings is 1. The molecule has 0 fully saturated rings. The van der Waals surface area contributed by atoms with Crippen molar-refractivity contribution in [1.29, 1.82) is 0 Å². The minimum atomic E-state index is -3.82. The first-order valence-corrected chi connectivity index (χ1v) is 10.5. The van der Waals surface area contributed by atoms with Gasteiger partial charge in [0.25, 0.3) is 0 Å². The van der Waals surface area contributed by atoms with E-state index < -0.39 is 26.9 Å². The monoisotopic (exact) mass is 408 g/mol. The molecule has 0 aliphatic rings. The molecule has 0 aliphatic carbocycles. The van der Waals surface area contributed by atoms with Gasteiger partial charge in [0.2, 0.25) is 0 Å². The summed E-state index contributed by atoms with van der Waals surface area (Å²) in [5.74, 6) is -1.47. The molecule has 1 heterocycles. The van der Waals surface area contributed by atoms with Gasteiger partial charge in [0, 0.05) is 19.5 Å². The van der Waals surface area contributed by atoms with Crippen LogP contribution in [0.2, 0.25) is 0 Å². The number of carbonyl (C=O) groups excluding carboxylic acids is 2. The van der Waals surface area contributed by atoms with Crippen LogP contribution in [0.4, 0.5) is 0 Å². The maximum absolute atomic E-state index is 13.0. The van der Waals surface area contributed by atoms with E-state index in [0.29, 0.717) is 6.54 Å². The molecule has 0 aliphatic heterocycles. The third-order valence-corrected chi connectivity index (χ3v) is 6.18. The minimum absolute atomic E-state index is 0.112. The molecule has 0 unspecified atom stereocenters. The molecule has 28 heavy (non-hydrogen) atoms. The lowest BCUT2D eigenvalue weighted by Crippen LogP contribution is -3.05. The Hall–Kier alpha value is -2.65. The Bertz CT molecular complexity index is 864. The summed E-state index contributed by atoms with van der Waals surface area (Å²) in [7, 11) is 0.174. The summed E-state index contributed by atoms with van der Waals surface area (Å²) in [5, 5.41) is 3.79. The van der Waals surface area contributed by atoms with Gasteiger partial charge < -0.3 is 20.0 Å². The number of rotatable bonds is 9. The Morgan fingerprint density at radius 2 is 1.71 bits per heavy atom. The molecule has 152 valence electrons. The average molecular weight is 409 g/mol. The van der Waals surface area contributed by atoms with Crippen molar-refractivity contribution in [2.75, 3.05) is 33.7 Å². The molecule has 0 saturated carbocycles. The fourth-order valence-corrected chi connectivity index (χ4v) is 4.21. The number of carbonyl (C=O) groups is 2. The molecule has 0 spiro atoms. The molecule has 1 aromatic heterocycles. The highest BCUT2D eigenvalue weighted by Crippen LogP contribution is 2.28. The van der Waals surface area contributed by atoms with Crippen LogP contribution in [-0.2, 0) is 19.4 Å². The van der Waals surface area contributed by atoms with Crippen molar-refractivity contribution in [3.63, 3.8) is 0 Å². The third kappa shape index (κ3) is 5.93. The Kier molecular flexibility index (Phi) is 7.77. The summed E-state index contributed by atoms with van der Waals surface area (Å²) in [6.07, 6.45) is 2.10. The summed E-state index contributed by atoms with van der Waals surface area (Å²) in [6, 6.07) is 11.0. The number of hydrogen-bond acceptors (Lipinski definition) is 5. The number of hydrogen-bond donors (Lipinski definition) is 3. The molecule has 9 heteroatoms. The third-order valence-electron chi connectivity index (χ3n) is 4.10. The lowest BCUT2D eigenvalue weighted by atomic mass is 10.3. The van der Waals surface area contributed by atoms with Gasteiger partial charge in [-0.3, -0.25) is 9.59 Å². The van der Waals surface area contributed by atoms with E-state index in [1.807, 2.05) is 14.1 Å². The van der Waals surface area contributed by atoms with E-state index in [2.05, 4.69) is 10.6 Å². The van der Waals surface area contributed by atoms with Crippen LogP contribution < -0.4 is 15.5 Å². The van der Waals surface area contributed by atoms with Crippen molar-refractivity contribution in [2.45, 2.75) is 16.6 Å². The Labute approximate surface area is 164 Å². The second kappa shape index (κ2) is 10.0. The summed E-state index contributed by atoms with van der Waals surface area (Å²) in [5.41, 5.74) is 0. The van der Waals surface area contributed by atoms with Crippen LogP contribution in [0.3, 0.4) is 0 Å². The lowest BCUT2D eigenvalue weighted by molar-refractivity contribution is -0.858. The van der Waals surface area contributed by atoms with Crippen LogP contribution >= 0.6 is 0 Å². The van der Waals surface area contributed by atoms with Gasteiger partial charge in [0.05, 0.1) is 31.8 Å². The van der Waals surface area contributed by atoms with E-state index in [1.165, 1.54) is 29.4 Å². The fraction of sp³-hybridized carbons (Fsp3) is 0.368. The van der Waals surface area contributed by atoms with Crippen LogP contribution in [-0.4, -0.2) is 54.0 Å². The molecule has 8 nitrogen and oxygen atoms in total. The smallest absolute Gasteiger partial charge is 0.309 e. The molecule has 2 aromatic rings. The van der Waals surface area contributed by atoms with Crippen molar-refractivity contribution in [1.82, 2.24) is 10.6 Å². The number of quaternary nitrogens is 1. The van der Waals surface area contributed by atoms with Gasteiger partial charge in [0.15, 0.2) is 9.84 Å². The zero-order chi connectivity index (χ0) is 20.6. The zero-order valence-corrected chi connectivity index (χ0v) is 16.8. The summed E-state index contributed by atoms with van der Waals surface area (Å²) >= 11 is 0. The van der Waals surface area contributed by atoms with Gasteiger partial charge in [-0.05, 0) is 24.3 Å². The van der Waals surface area contributed by atoms with Crippen molar-refractivity contribution in [3.05, 3.63) is 54.5 Å². The molecule has 3 N–H and O–H groups in total. The van der Waals surface area contributed by atoms with E-state index in [4.69, 9.17) is 4.42 Å². The van der Waals surface area contributed by atoms with E-state index in [0.717, 1.165) is 13.0 Å². The first-order valence-electron chi connectivity index (χ1n) is 8.99. The number of nitrogens with one attached hydrogen (secondary N) is 3. The molecule has 2 rings (SSSR count). The molecule has 0 radical (unpaired) electrons. The molecule has 0 bridgehead atoms. The van der Waals surface area contributed by atoms with Gasteiger partial charge in [0.1, 0.15) is 11.0 Å². The van der Waals surface area contributed by atoms with Crippen LogP contribution in [0, 0.1) is 0 Å². The predicted octanol–water partition coefficient (Wildman–Crippen LogP) is -0.438. The molecular formula is C19H26N3O5S+. The van der Waals surface area contributed by atoms with Crippen molar-refractivity contribution >= 4 is 21.7 Å². The second-order valence-electron chi connectivity index (χ2n) is 6.64. The van der Waals surface area contributed by atoms with E-state index >= 15 is 0 Å². The normalized spacial score (nSPS) is 12.5. The summed E-state index contributed by atoms with van der Waals surface area (Å²) < 4.78 is 31.2. The molecule has 2 amide bonds. The van der Waals surface area contributed by atoms with E-state index in [1.54, 1.807) is 24.3 Å². The minimum Gasteiger partial charge on any atom is -0.468 e. The fourth-order valence-electron chi connectivity index (χ4n) is 2.60. The van der Waals surface area contributed by atoms with Gasteiger partial charge in [-0.25, -0.2) is 8.42 Å². The standard InChI is InChI=1S/C19H25N3O5S/c1-22(2)12-7-11-20-18(23)19(24)21-14-17(16-10-6-13-27-16)28(25,26)15-8-4-3-5-9-15/h3-6,8-10,13,17H,7,11-12,14H2,1-2H3,(H,20,23)(H,21,24)/p+1/t17-/m1/s1. The number of benzene rings is 1. The molecular weight excluding hydrogens is 382 g/mol. The zero-order valence-electron chi connectivity index (χ0n) is 16.0. The maximum Gasteiger partial charge on any atom is 0.309 e. The lowest BCUT2D eigenvalue weighted by Gasteiger charge is -2.16. The largest absolute Gasteiger partial charge is 0.468 e. The topological polar surface area (TPSA) is 110 Å². The van der Waals surface area contributed by atoms with Crippen molar-refractivity contribution in [3.8, 4) is 0 Å². The summed E-state index contributed by atoms with van der Waals surface area (Å²) in [6.45, 7) is 0.956. The Balaban J connectivity index is 2.03. The van der Waals surface area contributed by atoms with E-state index in [9.17, 15) is 18.0 Å². The van der Waals surface area contributed by atoms with Crippen LogP contribution in [0.1, 0.15) is 17.4 Å². The highest BCUT2D eigenvalue weighted by molar-refractivity contribution is 7.91. The average Bonchev–Trinajstić information content (AvgIpc) is 3.19. The highest BCUT2D eigenvalue weighted by atomic mass is 32.2. The van der Waals surface area contributed by atoms with Crippen molar-refractivity contribution < 1.29 is 27.3 Å². The van der Waals surface area contributed by atoms with Gasteiger partial charge in [-0.1, -0.05) is 18.2 Å².